The molecule has 1 heterocycles. The number of nitrogens with two attached hydrogens (primary N) is 1. The van der Waals surface area contributed by atoms with E-state index in [1.165, 1.54) is 0 Å². The second-order valence-electron chi connectivity index (χ2n) is 6.84. The zero-order chi connectivity index (χ0) is 20.2. The predicted molar refractivity (Wildman–Crippen MR) is 112 cm³/mol. The summed E-state index contributed by atoms with van der Waals surface area (Å²) in [5.41, 5.74) is 5.62. The van der Waals surface area contributed by atoms with Crippen molar-refractivity contribution in [3.8, 4) is 0 Å². The van der Waals surface area contributed by atoms with Gasteiger partial charge in [0.05, 0.1) is 4.90 Å². The summed E-state index contributed by atoms with van der Waals surface area (Å²) in [7, 11) is -3.89. The predicted octanol–water partition coefficient (Wildman–Crippen LogP) is 3.12. The van der Waals surface area contributed by atoms with Gasteiger partial charge in [0.1, 0.15) is 0 Å². The lowest BCUT2D eigenvalue weighted by Gasteiger charge is -2.38. The Morgan fingerprint density at radius 3 is 2.18 bits per heavy atom. The highest BCUT2D eigenvalue weighted by Crippen LogP contribution is 2.36. The Bertz CT molecular complexity index is 933. The maximum atomic E-state index is 13.3. The highest BCUT2D eigenvalue weighted by molar-refractivity contribution is 7.99. The van der Waals surface area contributed by atoms with Gasteiger partial charge in [-0.25, -0.2) is 8.42 Å². The summed E-state index contributed by atoms with van der Waals surface area (Å²) in [6.07, 6.45) is 2.16. The molecule has 0 aliphatic carbocycles. The van der Waals surface area contributed by atoms with Crippen molar-refractivity contribution in [2.45, 2.75) is 32.3 Å². The van der Waals surface area contributed by atoms with Crippen molar-refractivity contribution >= 4 is 27.5 Å². The van der Waals surface area contributed by atoms with E-state index in [4.69, 9.17) is 5.73 Å². The third-order valence-corrected chi connectivity index (χ3v) is 8.67. The van der Waals surface area contributed by atoms with E-state index >= 15 is 0 Å². The lowest BCUT2D eigenvalue weighted by molar-refractivity contribution is -0.121. The van der Waals surface area contributed by atoms with E-state index in [0.717, 1.165) is 9.79 Å². The molecule has 0 bridgehead atoms. The molecular formula is C21H24N2O3S2. The molecule has 5 nitrogen and oxygen atoms in total. The van der Waals surface area contributed by atoms with E-state index in [-0.39, 0.29) is 17.7 Å². The first kappa shape index (κ1) is 20.6. The van der Waals surface area contributed by atoms with Crippen LogP contribution in [0.1, 0.15) is 12.8 Å². The lowest BCUT2D eigenvalue weighted by Crippen LogP contribution is -2.56. The number of likely N-dealkylation sites (tertiary alicyclic amines) is 1. The van der Waals surface area contributed by atoms with E-state index < -0.39 is 20.5 Å². The Morgan fingerprint density at radius 1 is 1.07 bits per heavy atom. The first-order valence-electron chi connectivity index (χ1n) is 9.10. The topological polar surface area (TPSA) is 80.5 Å². The number of primary amides is 1. The van der Waals surface area contributed by atoms with Crippen LogP contribution in [0.5, 0.6) is 0 Å². The second kappa shape index (κ2) is 8.51. The van der Waals surface area contributed by atoms with Gasteiger partial charge in [0, 0.05) is 29.4 Å². The Kier molecular flexibility index (Phi) is 6.27. The van der Waals surface area contributed by atoms with E-state index in [1.54, 1.807) is 42.1 Å². The van der Waals surface area contributed by atoms with Crippen molar-refractivity contribution in [3.63, 3.8) is 0 Å². The number of carbonyl (C=O) groups excluding carboxylic acids is 1. The van der Waals surface area contributed by atoms with E-state index in [1.807, 2.05) is 30.3 Å². The van der Waals surface area contributed by atoms with Crippen LogP contribution in [0.2, 0.25) is 0 Å². The minimum absolute atomic E-state index is 0.140. The molecule has 0 saturated carbocycles. The highest BCUT2D eigenvalue weighted by atomic mass is 32.2. The zero-order valence-electron chi connectivity index (χ0n) is 15.6. The Labute approximate surface area is 170 Å². The fraction of sp³-hybridized carbons (Fsp3) is 0.286. The first-order chi connectivity index (χ1) is 13.4. The SMILES string of the molecule is C=CCN1CCC(C(N)=O)(S(=O)(=O)c2ccc(Sc3ccccc3)cc2)CC1. The molecule has 1 aliphatic heterocycles. The van der Waals surface area contributed by atoms with Gasteiger partial charge in [-0.3, -0.25) is 9.69 Å². The van der Waals surface area contributed by atoms with Crippen molar-refractivity contribution in [1.82, 2.24) is 4.90 Å². The van der Waals surface area contributed by atoms with Crippen molar-refractivity contribution < 1.29 is 13.2 Å². The lowest BCUT2D eigenvalue weighted by atomic mass is 9.95. The minimum atomic E-state index is -3.89. The van der Waals surface area contributed by atoms with Crippen LogP contribution in [0.3, 0.4) is 0 Å². The highest BCUT2D eigenvalue weighted by Gasteiger charge is 2.51. The molecule has 1 amide bonds. The zero-order valence-corrected chi connectivity index (χ0v) is 17.2. The van der Waals surface area contributed by atoms with Gasteiger partial charge in [0.25, 0.3) is 0 Å². The van der Waals surface area contributed by atoms with Crippen LogP contribution in [0, 0.1) is 0 Å². The molecule has 1 fully saturated rings. The smallest absolute Gasteiger partial charge is 0.239 e. The van der Waals surface area contributed by atoms with Gasteiger partial charge < -0.3 is 5.73 Å². The molecule has 1 aliphatic rings. The van der Waals surface area contributed by atoms with Crippen LogP contribution in [-0.4, -0.2) is 43.6 Å². The largest absolute Gasteiger partial charge is 0.368 e. The van der Waals surface area contributed by atoms with Crippen molar-refractivity contribution in [3.05, 3.63) is 67.3 Å². The quantitative estimate of drug-likeness (QED) is 0.702. The van der Waals surface area contributed by atoms with E-state index in [0.29, 0.717) is 19.6 Å². The second-order valence-corrected chi connectivity index (χ2v) is 10.2. The number of carbonyl (C=O) groups is 1. The van der Waals surface area contributed by atoms with Crippen LogP contribution in [0.25, 0.3) is 0 Å². The van der Waals surface area contributed by atoms with Gasteiger partial charge in [0.15, 0.2) is 14.6 Å². The minimum Gasteiger partial charge on any atom is -0.368 e. The van der Waals surface area contributed by atoms with Gasteiger partial charge in [-0.1, -0.05) is 36.0 Å². The summed E-state index contributed by atoms with van der Waals surface area (Å²) >= 11 is 1.55. The number of rotatable bonds is 7. The number of amides is 1. The number of benzene rings is 2. The van der Waals surface area contributed by atoms with Crippen LogP contribution >= 0.6 is 11.8 Å². The van der Waals surface area contributed by atoms with E-state index in [9.17, 15) is 13.2 Å². The Hall–Kier alpha value is -2.09. The van der Waals surface area contributed by atoms with E-state index in [2.05, 4.69) is 11.5 Å². The molecule has 148 valence electrons. The standard InChI is InChI=1S/C21H24N2O3S2/c1-2-14-23-15-12-21(13-16-23,20(22)24)28(25,26)19-10-8-18(9-11-19)27-17-6-4-3-5-7-17/h2-11H,1,12-16H2,(H2,22,24). The molecule has 1 saturated heterocycles. The first-order valence-corrected chi connectivity index (χ1v) is 11.4. The number of piperidine rings is 1. The van der Waals surface area contributed by atoms with Gasteiger partial charge in [-0.15, -0.1) is 6.58 Å². The summed E-state index contributed by atoms with van der Waals surface area (Å²) in [6, 6.07) is 16.5. The average Bonchev–Trinajstić information content (AvgIpc) is 2.70. The third-order valence-electron chi connectivity index (χ3n) is 5.13. The molecule has 0 unspecified atom stereocenters. The molecule has 2 aromatic rings. The van der Waals surface area contributed by atoms with Gasteiger partial charge in [-0.2, -0.15) is 0 Å². The average molecular weight is 417 g/mol. The summed E-state index contributed by atoms with van der Waals surface area (Å²) in [6.45, 7) is 5.37. The van der Waals surface area contributed by atoms with Gasteiger partial charge >= 0.3 is 0 Å². The Morgan fingerprint density at radius 2 is 1.64 bits per heavy atom. The molecular weight excluding hydrogens is 392 g/mol. The fourth-order valence-electron chi connectivity index (χ4n) is 3.46. The van der Waals surface area contributed by atoms with Crippen molar-refractivity contribution in [1.29, 1.82) is 0 Å². The van der Waals surface area contributed by atoms with Crippen molar-refractivity contribution in [2.24, 2.45) is 5.73 Å². The molecule has 28 heavy (non-hydrogen) atoms. The van der Waals surface area contributed by atoms with Crippen LogP contribution in [0.15, 0.2) is 81.9 Å². The number of nitrogens with zero attached hydrogens (tertiary/aromatic N) is 1. The summed E-state index contributed by atoms with van der Waals surface area (Å²) < 4.78 is 25.1. The molecule has 7 heteroatoms. The molecule has 0 spiro atoms. The number of hydrogen-bond donors (Lipinski definition) is 1. The number of sulfone groups is 1. The van der Waals surface area contributed by atoms with Crippen LogP contribution < -0.4 is 5.73 Å². The molecule has 0 aromatic heterocycles. The maximum Gasteiger partial charge on any atom is 0.239 e. The third kappa shape index (κ3) is 4.01. The summed E-state index contributed by atoms with van der Waals surface area (Å²) in [5, 5.41) is 0. The van der Waals surface area contributed by atoms with Crippen LogP contribution in [0.4, 0.5) is 0 Å². The molecule has 0 radical (unpaired) electrons. The monoisotopic (exact) mass is 416 g/mol. The van der Waals surface area contributed by atoms with Crippen LogP contribution in [-0.2, 0) is 14.6 Å². The molecule has 3 rings (SSSR count). The normalized spacial score (nSPS) is 17.1. The summed E-state index contributed by atoms with van der Waals surface area (Å²) in [4.78, 5) is 16.5. The van der Waals surface area contributed by atoms with Gasteiger partial charge in [-0.05, 0) is 49.2 Å². The molecule has 2 aromatic carbocycles. The maximum absolute atomic E-state index is 13.3. The number of hydrogen-bond acceptors (Lipinski definition) is 5. The Balaban J connectivity index is 1.84. The molecule has 2 N–H and O–H groups in total. The molecule has 0 atom stereocenters. The summed E-state index contributed by atoms with van der Waals surface area (Å²) in [5.74, 6) is -0.770. The van der Waals surface area contributed by atoms with Gasteiger partial charge in [0.2, 0.25) is 5.91 Å². The van der Waals surface area contributed by atoms with Crippen molar-refractivity contribution in [2.75, 3.05) is 19.6 Å². The fourth-order valence-corrected chi connectivity index (χ4v) is 6.23.